The molecule has 0 aliphatic rings. The van der Waals surface area contributed by atoms with Crippen LogP contribution in [-0.2, 0) is 27.6 Å². The van der Waals surface area contributed by atoms with Gasteiger partial charge in [0.1, 0.15) is 0 Å². The van der Waals surface area contributed by atoms with E-state index in [0.29, 0.717) is 6.54 Å². The summed E-state index contributed by atoms with van der Waals surface area (Å²) in [5.41, 5.74) is 0.295. The Kier molecular flexibility index (Phi) is 8.05. The van der Waals surface area contributed by atoms with Gasteiger partial charge < -0.3 is 10.3 Å². The zero-order valence-corrected chi connectivity index (χ0v) is 19.4. The van der Waals surface area contributed by atoms with Crippen molar-refractivity contribution in [3.8, 4) is 0 Å². The first-order chi connectivity index (χ1) is 14.9. The number of H-pyrrole nitrogens is 1. The second-order valence-corrected chi connectivity index (χ2v) is 10.7. The van der Waals surface area contributed by atoms with Crippen LogP contribution in [0.1, 0.15) is 30.2 Å². The number of hydrogen-bond acceptors (Lipinski definition) is 7. The lowest BCUT2D eigenvalue weighted by molar-refractivity contribution is -0.118. The van der Waals surface area contributed by atoms with Crippen molar-refractivity contribution in [3.05, 3.63) is 68.8 Å². The van der Waals surface area contributed by atoms with Crippen LogP contribution in [0, 0.1) is 0 Å². The molecule has 0 spiro atoms. The molecular weight excluding hydrogens is 454 g/mol. The van der Waals surface area contributed by atoms with Gasteiger partial charge >= 0.3 is 0 Å². The smallest absolute Gasteiger partial charge is 0.270 e. The molecule has 2 aromatic heterocycles. The van der Waals surface area contributed by atoms with Gasteiger partial charge in [-0.15, -0.1) is 11.3 Å². The molecule has 1 amide bonds. The van der Waals surface area contributed by atoms with Crippen LogP contribution in [0.3, 0.4) is 0 Å². The number of unbranched alkanes of at least 4 members (excludes halogenated alkanes) is 1. The SMILES string of the molecule is CCCCc1ccc(S(=O)(=O)c2cnc(SCC(=O)NCc3cccs3)[nH]c2=O)cc1. The number of sulfone groups is 1. The molecule has 0 aliphatic carbocycles. The van der Waals surface area contributed by atoms with E-state index in [4.69, 9.17) is 0 Å². The number of aromatic nitrogens is 2. The third kappa shape index (κ3) is 6.28. The first kappa shape index (κ1) is 23.2. The predicted octanol–water partition coefficient (Wildman–Crippen LogP) is 3.42. The highest BCUT2D eigenvalue weighted by molar-refractivity contribution is 7.99. The zero-order chi connectivity index (χ0) is 22.3. The van der Waals surface area contributed by atoms with Gasteiger partial charge in [0, 0.05) is 4.88 Å². The van der Waals surface area contributed by atoms with E-state index < -0.39 is 20.3 Å². The lowest BCUT2D eigenvalue weighted by atomic mass is 10.1. The Morgan fingerprint density at radius 2 is 2.00 bits per heavy atom. The fourth-order valence-electron chi connectivity index (χ4n) is 2.76. The Labute approximate surface area is 189 Å². The Morgan fingerprint density at radius 1 is 1.23 bits per heavy atom. The van der Waals surface area contributed by atoms with Gasteiger partial charge in [-0.05, 0) is 42.0 Å². The summed E-state index contributed by atoms with van der Waals surface area (Å²) in [6.45, 7) is 2.53. The van der Waals surface area contributed by atoms with Gasteiger partial charge in [-0.3, -0.25) is 9.59 Å². The topological polar surface area (TPSA) is 109 Å². The summed E-state index contributed by atoms with van der Waals surface area (Å²) in [5, 5.41) is 4.90. The fourth-order valence-corrected chi connectivity index (χ4v) is 5.30. The number of carbonyl (C=O) groups excluding carboxylic acids is 1. The van der Waals surface area contributed by atoms with Gasteiger partial charge in [-0.2, -0.15) is 0 Å². The maximum absolute atomic E-state index is 12.8. The predicted molar refractivity (Wildman–Crippen MR) is 122 cm³/mol. The lowest BCUT2D eigenvalue weighted by Gasteiger charge is -2.07. The molecule has 0 saturated heterocycles. The van der Waals surface area contributed by atoms with Crippen LogP contribution in [-0.4, -0.2) is 30.0 Å². The molecule has 2 heterocycles. The summed E-state index contributed by atoms with van der Waals surface area (Å²) in [6, 6.07) is 10.4. The van der Waals surface area contributed by atoms with E-state index in [-0.39, 0.29) is 21.7 Å². The van der Waals surface area contributed by atoms with Crippen LogP contribution in [0.15, 0.2) is 67.7 Å². The summed E-state index contributed by atoms with van der Waals surface area (Å²) < 4.78 is 25.7. The molecule has 0 radical (unpaired) electrons. The standard InChI is InChI=1S/C21H23N3O4S3/c1-2-3-5-15-7-9-17(10-8-15)31(27,28)18-13-23-21(24-20(18)26)30-14-19(25)22-12-16-6-4-11-29-16/h4,6-11,13H,2-3,5,12,14H2,1H3,(H,22,25)(H,23,24,26). The lowest BCUT2D eigenvalue weighted by Crippen LogP contribution is -2.24. The number of hydrogen-bond donors (Lipinski definition) is 2. The van der Waals surface area contributed by atoms with Crippen molar-refractivity contribution in [2.45, 2.75) is 47.7 Å². The Hall–Kier alpha value is -2.43. The van der Waals surface area contributed by atoms with E-state index in [1.807, 2.05) is 17.5 Å². The molecule has 7 nitrogen and oxygen atoms in total. The molecule has 0 fully saturated rings. The van der Waals surface area contributed by atoms with E-state index in [0.717, 1.165) is 47.7 Å². The maximum atomic E-state index is 12.8. The van der Waals surface area contributed by atoms with E-state index >= 15 is 0 Å². The molecule has 0 bridgehead atoms. The van der Waals surface area contributed by atoms with Crippen LogP contribution in [0.5, 0.6) is 0 Å². The first-order valence-electron chi connectivity index (χ1n) is 9.75. The Balaban J connectivity index is 1.64. The number of amides is 1. The zero-order valence-electron chi connectivity index (χ0n) is 17.0. The molecule has 0 aliphatic heterocycles. The highest BCUT2D eigenvalue weighted by Crippen LogP contribution is 2.20. The number of aromatic amines is 1. The molecule has 3 aromatic rings. The van der Waals surface area contributed by atoms with Crippen LogP contribution < -0.4 is 10.9 Å². The summed E-state index contributed by atoms with van der Waals surface area (Å²) in [6.07, 6.45) is 4.01. The average Bonchev–Trinajstić information content (AvgIpc) is 3.28. The van der Waals surface area contributed by atoms with Crippen molar-refractivity contribution in [2.24, 2.45) is 0 Å². The summed E-state index contributed by atoms with van der Waals surface area (Å²) in [4.78, 5) is 31.5. The highest BCUT2D eigenvalue weighted by Gasteiger charge is 2.22. The van der Waals surface area contributed by atoms with Gasteiger partial charge in [0.15, 0.2) is 10.1 Å². The van der Waals surface area contributed by atoms with Crippen LogP contribution in [0.25, 0.3) is 0 Å². The maximum Gasteiger partial charge on any atom is 0.270 e. The molecular formula is C21H23N3O4S3. The molecule has 164 valence electrons. The largest absolute Gasteiger partial charge is 0.350 e. The summed E-state index contributed by atoms with van der Waals surface area (Å²) in [7, 11) is -3.98. The second kappa shape index (κ2) is 10.7. The number of thioether (sulfide) groups is 1. The monoisotopic (exact) mass is 477 g/mol. The molecule has 3 rings (SSSR count). The van der Waals surface area contributed by atoms with Gasteiger partial charge in [-0.25, -0.2) is 13.4 Å². The Morgan fingerprint density at radius 3 is 2.65 bits per heavy atom. The quantitative estimate of drug-likeness (QED) is 0.342. The van der Waals surface area contributed by atoms with Crippen molar-refractivity contribution in [1.29, 1.82) is 0 Å². The molecule has 0 saturated carbocycles. The van der Waals surface area contributed by atoms with Crippen LogP contribution in [0.4, 0.5) is 0 Å². The van der Waals surface area contributed by atoms with E-state index in [1.54, 1.807) is 23.5 Å². The van der Waals surface area contributed by atoms with Crippen LogP contribution in [0.2, 0.25) is 0 Å². The van der Waals surface area contributed by atoms with Crippen LogP contribution >= 0.6 is 23.1 Å². The van der Waals surface area contributed by atoms with E-state index in [9.17, 15) is 18.0 Å². The van der Waals surface area contributed by atoms with Gasteiger partial charge in [-0.1, -0.05) is 43.3 Å². The first-order valence-corrected chi connectivity index (χ1v) is 13.1. The van der Waals surface area contributed by atoms with Gasteiger partial charge in [0.25, 0.3) is 5.56 Å². The van der Waals surface area contributed by atoms with Crippen molar-refractivity contribution in [3.63, 3.8) is 0 Å². The third-order valence-electron chi connectivity index (χ3n) is 4.47. The fraction of sp³-hybridized carbons (Fsp3) is 0.286. The molecule has 10 heteroatoms. The minimum atomic E-state index is -3.98. The van der Waals surface area contributed by atoms with Crippen molar-refractivity contribution >= 4 is 38.8 Å². The molecule has 31 heavy (non-hydrogen) atoms. The highest BCUT2D eigenvalue weighted by atomic mass is 32.2. The normalized spacial score (nSPS) is 11.4. The number of benzene rings is 1. The number of carbonyl (C=O) groups is 1. The van der Waals surface area contributed by atoms with Crippen molar-refractivity contribution < 1.29 is 13.2 Å². The summed E-state index contributed by atoms with van der Waals surface area (Å²) in [5.74, 6) is -0.152. The number of aryl methyl sites for hydroxylation is 1. The third-order valence-corrected chi connectivity index (χ3v) is 7.99. The molecule has 1 aromatic carbocycles. The molecule has 0 atom stereocenters. The Bertz CT molecular complexity index is 1170. The number of nitrogens with one attached hydrogen (secondary N) is 2. The number of thiophene rings is 1. The second-order valence-electron chi connectivity index (χ2n) is 6.78. The van der Waals surface area contributed by atoms with Gasteiger partial charge in [0.2, 0.25) is 15.7 Å². The number of nitrogens with zero attached hydrogens (tertiary/aromatic N) is 1. The minimum absolute atomic E-state index is 0.0495. The van der Waals surface area contributed by atoms with Crippen molar-refractivity contribution in [2.75, 3.05) is 5.75 Å². The van der Waals surface area contributed by atoms with Gasteiger partial charge in [0.05, 0.1) is 23.4 Å². The average molecular weight is 478 g/mol. The van der Waals surface area contributed by atoms with Crippen molar-refractivity contribution in [1.82, 2.24) is 15.3 Å². The molecule has 2 N–H and O–H groups in total. The minimum Gasteiger partial charge on any atom is -0.350 e. The van der Waals surface area contributed by atoms with E-state index in [2.05, 4.69) is 22.2 Å². The summed E-state index contributed by atoms with van der Waals surface area (Å²) >= 11 is 2.58. The molecule has 0 unspecified atom stereocenters. The van der Waals surface area contributed by atoms with E-state index in [1.165, 1.54) is 12.1 Å². The number of rotatable bonds is 10.